The van der Waals surface area contributed by atoms with Crippen LogP contribution in [0, 0.1) is 6.92 Å². The van der Waals surface area contributed by atoms with E-state index >= 15 is 0 Å². The van der Waals surface area contributed by atoms with Gasteiger partial charge in [0.15, 0.2) is 0 Å². The molecular formula is C33H30Cl2F3N3O4S. The van der Waals surface area contributed by atoms with E-state index in [-0.39, 0.29) is 28.6 Å². The number of nitrogens with zero attached hydrogens (tertiary/aromatic N) is 2. The molecule has 2 amide bonds. The number of halogens is 5. The van der Waals surface area contributed by atoms with Crippen molar-refractivity contribution in [2.75, 3.05) is 17.9 Å². The molecule has 0 aromatic heterocycles. The molecule has 0 bridgehead atoms. The average Bonchev–Trinajstić information content (AvgIpc) is 3.02. The Bertz CT molecular complexity index is 1810. The van der Waals surface area contributed by atoms with E-state index in [1.54, 1.807) is 49.4 Å². The van der Waals surface area contributed by atoms with Crippen molar-refractivity contribution in [1.29, 1.82) is 0 Å². The number of amides is 2. The van der Waals surface area contributed by atoms with Crippen molar-refractivity contribution in [3.63, 3.8) is 0 Å². The Hall–Kier alpha value is -4.06. The molecule has 242 valence electrons. The van der Waals surface area contributed by atoms with Gasteiger partial charge >= 0.3 is 6.18 Å². The van der Waals surface area contributed by atoms with Gasteiger partial charge in [-0.15, -0.1) is 0 Å². The van der Waals surface area contributed by atoms with Crippen LogP contribution in [0.25, 0.3) is 0 Å². The molecule has 7 nitrogen and oxygen atoms in total. The number of rotatable bonds is 11. The minimum absolute atomic E-state index is 0.0474. The van der Waals surface area contributed by atoms with E-state index in [1.807, 2.05) is 0 Å². The second kappa shape index (κ2) is 14.6. The summed E-state index contributed by atoms with van der Waals surface area (Å²) in [5.74, 6) is -1.40. The zero-order chi connectivity index (χ0) is 33.6. The first-order valence-electron chi connectivity index (χ1n) is 14.0. The highest BCUT2D eigenvalue weighted by atomic mass is 35.5. The van der Waals surface area contributed by atoms with E-state index < -0.39 is 46.2 Å². The number of alkyl halides is 3. The summed E-state index contributed by atoms with van der Waals surface area (Å²) in [6.45, 7) is 0.585. The van der Waals surface area contributed by atoms with Gasteiger partial charge in [-0.1, -0.05) is 83.4 Å². The number of carbonyl (C=O) groups excluding carboxylic acids is 2. The zero-order valence-electron chi connectivity index (χ0n) is 24.8. The Kier molecular flexibility index (Phi) is 11.0. The number of benzene rings is 4. The fourth-order valence-electron chi connectivity index (χ4n) is 4.76. The smallest absolute Gasteiger partial charge is 0.357 e. The lowest BCUT2D eigenvalue weighted by atomic mass is 10.0. The highest BCUT2D eigenvalue weighted by molar-refractivity contribution is 7.92. The fraction of sp³-hybridized carbons (Fsp3) is 0.212. The van der Waals surface area contributed by atoms with Crippen LogP contribution >= 0.6 is 23.2 Å². The maximum Gasteiger partial charge on any atom is 0.416 e. The van der Waals surface area contributed by atoms with Crippen molar-refractivity contribution in [2.45, 2.75) is 37.0 Å². The average molecular weight is 693 g/mol. The molecule has 4 aromatic carbocycles. The number of hydrogen-bond acceptors (Lipinski definition) is 4. The summed E-state index contributed by atoms with van der Waals surface area (Å²) < 4.78 is 69.8. The molecule has 4 rings (SSSR count). The Morgan fingerprint density at radius 2 is 1.57 bits per heavy atom. The van der Waals surface area contributed by atoms with Crippen molar-refractivity contribution in [3.8, 4) is 0 Å². The molecule has 0 saturated heterocycles. The number of likely N-dealkylation sites (N-methyl/N-ethyl adjacent to an activating group) is 1. The van der Waals surface area contributed by atoms with Crippen molar-refractivity contribution in [2.24, 2.45) is 0 Å². The molecule has 0 aliphatic heterocycles. The second-order valence-corrected chi connectivity index (χ2v) is 13.2. The van der Waals surface area contributed by atoms with E-state index in [0.717, 1.165) is 17.7 Å². The molecule has 0 spiro atoms. The Labute approximate surface area is 275 Å². The van der Waals surface area contributed by atoms with E-state index in [1.165, 1.54) is 48.3 Å². The van der Waals surface area contributed by atoms with Gasteiger partial charge in [-0.2, -0.15) is 13.2 Å². The number of sulfonamides is 1. The Morgan fingerprint density at radius 1 is 0.891 bits per heavy atom. The Balaban J connectivity index is 1.85. The number of anilines is 1. The first-order chi connectivity index (χ1) is 21.7. The number of nitrogens with one attached hydrogen (secondary N) is 1. The molecule has 1 unspecified atom stereocenters. The lowest BCUT2D eigenvalue weighted by Crippen LogP contribution is -2.53. The molecule has 0 aliphatic rings. The third kappa shape index (κ3) is 8.39. The topological polar surface area (TPSA) is 86.8 Å². The van der Waals surface area contributed by atoms with Crippen LogP contribution in [0.15, 0.2) is 102 Å². The minimum atomic E-state index is -4.78. The fourth-order valence-corrected chi connectivity index (χ4v) is 6.63. The van der Waals surface area contributed by atoms with Crippen molar-refractivity contribution >= 4 is 50.7 Å². The molecule has 4 aromatic rings. The third-order valence-electron chi connectivity index (χ3n) is 7.22. The van der Waals surface area contributed by atoms with Crippen LogP contribution in [0.3, 0.4) is 0 Å². The molecule has 1 atom stereocenters. The maximum atomic E-state index is 14.3. The van der Waals surface area contributed by atoms with E-state index in [4.69, 9.17) is 23.2 Å². The minimum Gasteiger partial charge on any atom is -0.357 e. The summed E-state index contributed by atoms with van der Waals surface area (Å²) in [7, 11) is -3.19. The van der Waals surface area contributed by atoms with Crippen LogP contribution in [0.4, 0.5) is 18.9 Å². The Morgan fingerprint density at radius 3 is 2.17 bits per heavy atom. The van der Waals surface area contributed by atoms with E-state index in [9.17, 15) is 31.2 Å². The molecule has 0 aliphatic carbocycles. The predicted molar refractivity (Wildman–Crippen MR) is 172 cm³/mol. The van der Waals surface area contributed by atoms with Gasteiger partial charge in [-0.25, -0.2) is 8.42 Å². The monoisotopic (exact) mass is 691 g/mol. The molecule has 0 saturated carbocycles. The molecule has 0 heterocycles. The van der Waals surface area contributed by atoms with Crippen LogP contribution in [0.2, 0.25) is 10.0 Å². The molecule has 13 heteroatoms. The summed E-state index contributed by atoms with van der Waals surface area (Å²) in [5.41, 5.74) is 0.388. The quantitative estimate of drug-likeness (QED) is 0.185. The van der Waals surface area contributed by atoms with E-state index in [0.29, 0.717) is 26.5 Å². The van der Waals surface area contributed by atoms with Gasteiger partial charge in [0.25, 0.3) is 10.0 Å². The second-order valence-electron chi connectivity index (χ2n) is 10.4. The van der Waals surface area contributed by atoms with Gasteiger partial charge in [0.2, 0.25) is 11.8 Å². The summed E-state index contributed by atoms with van der Waals surface area (Å²) in [6.07, 6.45) is -4.73. The molecular weight excluding hydrogens is 662 g/mol. The number of hydrogen-bond donors (Lipinski definition) is 1. The maximum absolute atomic E-state index is 14.3. The molecule has 1 N–H and O–H groups in total. The lowest BCUT2D eigenvalue weighted by Gasteiger charge is -2.34. The summed E-state index contributed by atoms with van der Waals surface area (Å²) in [4.78, 5) is 28.6. The summed E-state index contributed by atoms with van der Waals surface area (Å²) >= 11 is 12.5. The normalized spacial score (nSPS) is 12.3. The molecule has 0 radical (unpaired) electrons. The van der Waals surface area contributed by atoms with Crippen LogP contribution < -0.4 is 9.62 Å². The number of carbonyl (C=O) groups is 2. The van der Waals surface area contributed by atoms with E-state index in [2.05, 4.69) is 5.32 Å². The van der Waals surface area contributed by atoms with Crippen LogP contribution in [-0.4, -0.2) is 44.8 Å². The van der Waals surface area contributed by atoms with Crippen LogP contribution in [0.1, 0.15) is 22.3 Å². The van der Waals surface area contributed by atoms with Gasteiger partial charge in [0, 0.05) is 30.1 Å². The zero-order valence-corrected chi connectivity index (χ0v) is 27.1. The van der Waals surface area contributed by atoms with Gasteiger partial charge in [-0.3, -0.25) is 13.9 Å². The number of aryl methyl sites for hydroxylation is 1. The largest absolute Gasteiger partial charge is 0.416 e. The predicted octanol–water partition coefficient (Wildman–Crippen LogP) is 6.90. The highest BCUT2D eigenvalue weighted by Crippen LogP contribution is 2.34. The van der Waals surface area contributed by atoms with Crippen molar-refractivity contribution < 1.29 is 31.2 Å². The van der Waals surface area contributed by atoms with Crippen molar-refractivity contribution in [3.05, 3.63) is 129 Å². The van der Waals surface area contributed by atoms with Gasteiger partial charge in [0.05, 0.1) is 16.1 Å². The van der Waals surface area contributed by atoms with Gasteiger partial charge < -0.3 is 10.2 Å². The van der Waals surface area contributed by atoms with Crippen LogP contribution in [0.5, 0.6) is 0 Å². The first-order valence-corrected chi connectivity index (χ1v) is 16.2. The first kappa shape index (κ1) is 34.8. The highest BCUT2D eigenvalue weighted by Gasteiger charge is 2.36. The van der Waals surface area contributed by atoms with Gasteiger partial charge in [-0.05, 0) is 60.5 Å². The van der Waals surface area contributed by atoms with Crippen LogP contribution in [-0.2, 0) is 38.8 Å². The summed E-state index contributed by atoms with van der Waals surface area (Å²) in [5, 5.41) is 3.09. The van der Waals surface area contributed by atoms with Gasteiger partial charge in [0.1, 0.15) is 12.6 Å². The molecule has 46 heavy (non-hydrogen) atoms. The standard InChI is InChI=1S/C33H30Cl2F3N3O4S/c1-22-11-15-28(16-12-22)46(44,45)41(27-10-6-9-25(18-27)33(36,37)38)21-31(42)40(20-24-13-14-26(34)19-29(24)35)30(32(43)39-2)17-23-7-4-3-5-8-23/h3-16,18-19,30H,17,20-21H2,1-2H3,(H,39,43). The third-order valence-corrected chi connectivity index (χ3v) is 9.60. The SMILES string of the molecule is CNC(=O)C(Cc1ccccc1)N(Cc1ccc(Cl)cc1Cl)C(=O)CN(c1cccc(C(F)(F)F)c1)S(=O)(=O)c1ccc(C)cc1. The summed E-state index contributed by atoms with van der Waals surface area (Å²) in [6, 6.07) is 21.7. The van der Waals surface area contributed by atoms with Crippen molar-refractivity contribution in [1.82, 2.24) is 10.2 Å². The molecule has 0 fully saturated rings. The lowest BCUT2D eigenvalue weighted by molar-refractivity contribution is -0.139.